The molecule has 1 aliphatic rings. The molecule has 1 aromatic carbocycles. The van der Waals surface area contributed by atoms with E-state index < -0.39 is 14.9 Å². The Morgan fingerprint density at radius 1 is 1.40 bits per heavy atom. The Bertz CT molecular complexity index is 724. The number of nitrogens with zero attached hydrogens (tertiary/aromatic N) is 1. The highest BCUT2D eigenvalue weighted by Crippen LogP contribution is 2.31. The monoisotopic (exact) mass is 392 g/mol. The third-order valence-electron chi connectivity index (χ3n) is 3.75. The molecule has 1 unspecified atom stereocenters. The smallest absolute Gasteiger partial charge is 0.270 e. The number of rotatable bonds is 9. The number of nitro groups is 1. The maximum absolute atomic E-state index is 12.1. The zero-order valence-electron chi connectivity index (χ0n) is 13.4. The number of nitro benzene ring substituents is 1. The Hall–Kier alpha value is -1.75. The van der Waals surface area contributed by atoms with E-state index in [2.05, 4.69) is 10.0 Å². The van der Waals surface area contributed by atoms with E-state index in [-0.39, 0.29) is 47.9 Å². The van der Waals surface area contributed by atoms with E-state index >= 15 is 0 Å². The molecular weight excluding hydrogens is 372 g/mol. The molecule has 1 amide bonds. The molecule has 140 valence electrons. The molecular formula is C14H21ClN4O5S. The molecule has 9 nitrogen and oxygen atoms in total. The van der Waals surface area contributed by atoms with Crippen LogP contribution in [0.2, 0.25) is 0 Å². The van der Waals surface area contributed by atoms with Crippen molar-refractivity contribution in [2.75, 3.05) is 13.1 Å². The molecule has 1 atom stereocenters. The first-order valence-electron chi connectivity index (χ1n) is 7.56. The fraction of sp³-hybridized carbons (Fsp3) is 0.500. The van der Waals surface area contributed by atoms with Gasteiger partial charge in [-0.05, 0) is 24.8 Å². The Labute approximate surface area is 152 Å². The van der Waals surface area contributed by atoms with E-state index in [0.29, 0.717) is 12.5 Å². The Kier molecular flexibility index (Phi) is 7.74. The van der Waals surface area contributed by atoms with Crippen molar-refractivity contribution in [3.8, 4) is 0 Å². The number of non-ortho nitro benzene ring substituents is 1. The van der Waals surface area contributed by atoms with E-state index in [9.17, 15) is 23.3 Å². The highest BCUT2D eigenvalue weighted by molar-refractivity contribution is 7.89. The second kappa shape index (κ2) is 9.09. The Morgan fingerprint density at radius 2 is 2.08 bits per heavy atom. The number of benzene rings is 1. The lowest BCUT2D eigenvalue weighted by Gasteiger charge is -2.11. The number of carbonyl (C=O) groups excluding carboxylic acids is 1. The van der Waals surface area contributed by atoms with Gasteiger partial charge in [0.1, 0.15) is 0 Å². The van der Waals surface area contributed by atoms with Gasteiger partial charge in [-0.3, -0.25) is 14.9 Å². The van der Waals surface area contributed by atoms with Crippen LogP contribution < -0.4 is 15.8 Å². The normalized spacial score (nSPS) is 15.1. The number of hydrogen-bond donors (Lipinski definition) is 3. The van der Waals surface area contributed by atoms with Crippen LogP contribution in [-0.4, -0.2) is 38.4 Å². The summed E-state index contributed by atoms with van der Waals surface area (Å²) in [6.07, 6.45) is 2.13. The number of nitrogens with two attached hydrogens (primary N) is 1. The second-order valence-corrected chi connectivity index (χ2v) is 7.47. The van der Waals surface area contributed by atoms with Gasteiger partial charge in [-0.15, -0.1) is 12.4 Å². The van der Waals surface area contributed by atoms with Gasteiger partial charge >= 0.3 is 0 Å². The van der Waals surface area contributed by atoms with Crippen molar-refractivity contribution in [2.24, 2.45) is 11.7 Å². The van der Waals surface area contributed by atoms with Crippen molar-refractivity contribution in [1.82, 2.24) is 10.0 Å². The van der Waals surface area contributed by atoms with Gasteiger partial charge in [-0.25, -0.2) is 13.1 Å². The molecule has 1 fully saturated rings. The summed E-state index contributed by atoms with van der Waals surface area (Å²) < 4.78 is 26.4. The number of sulfonamides is 1. The summed E-state index contributed by atoms with van der Waals surface area (Å²) in [6.45, 7) is 0.274. The third-order valence-corrected chi connectivity index (χ3v) is 5.20. The molecule has 1 aliphatic carbocycles. The highest BCUT2D eigenvalue weighted by Gasteiger charge is 2.28. The molecule has 0 aromatic heterocycles. The minimum absolute atomic E-state index is 0. The van der Waals surface area contributed by atoms with Gasteiger partial charge in [-0.2, -0.15) is 0 Å². The van der Waals surface area contributed by atoms with Gasteiger partial charge in [0.15, 0.2) is 0 Å². The van der Waals surface area contributed by atoms with Gasteiger partial charge in [-0.1, -0.05) is 6.07 Å². The van der Waals surface area contributed by atoms with Crippen LogP contribution in [-0.2, 0) is 14.8 Å². The van der Waals surface area contributed by atoms with E-state index in [1.807, 2.05) is 0 Å². The lowest BCUT2D eigenvalue weighted by atomic mass is 10.2. The van der Waals surface area contributed by atoms with Crippen LogP contribution in [0.4, 0.5) is 5.69 Å². The summed E-state index contributed by atoms with van der Waals surface area (Å²) in [5, 5.41) is 13.4. The minimum atomic E-state index is -3.91. The maximum atomic E-state index is 12.1. The molecule has 11 heteroatoms. The molecule has 0 aliphatic heterocycles. The van der Waals surface area contributed by atoms with Crippen molar-refractivity contribution in [3.63, 3.8) is 0 Å². The van der Waals surface area contributed by atoms with Gasteiger partial charge < -0.3 is 11.1 Å². The molecule has 1 aromatic rings. The predicted octanol–water partition coefficient (Wildman–Crippen LogP) is 0.538. The number of halogens is 1. The Balaban J connectivity index is 0.00000312. The summed E-state index contributed by atoms with van der Waals surface area (Å²) in [5.41, 5.74) is 5.54. The van der Waals surface area contributed by atoms with Crippen molar-refractivity contribution >= 4 is 34.0 Å². The van der Waals surface area contributed by atoms with Crippen LogP contribution in [0, 0.1) is 16.0 Å². The van der Waals surface area contributed by atoms with Crippen LogP contribution in [0.5, 0.6) is 0 Å². The molecule has 2 rings (SSSR count). The summed E-state index contributed by atoms with van der Waals surface area (Å²) in [4.78, 5) is 21.5. The summed E-state index contributed by atoms with van der Waals surface area (Å²) in [7, 11) is -3.91. The van der Waals surface area contributed by atoms with Gasteiger partial charge in [0.05, 0.1) is 9.82 Å². The zero-order valence-corrected chi connectivity index (χ0v) is 15.0. The second-order valence-electron chi connectivity index (χ2n) is 5.71. The molecule has 0 bridgehead atoms. The largest absolute Gasteiger partial charge is 0.354 e. The lowest BCUT2D eigenvalue weighted by Crippen LogP contribution is -2.39. The standard InChI is InChI=1S/C14H20N4O5S.ClH/c15-13(10-4-5-10)9-16-14(19)6-7-17-24(22,23)12-3-1-2-11(8-12)18(20)21;/h1-3,8,10,13,17H,4-7,9,15H2,(H,16,19);1H. The van der Waals surface area contributed by atoms with Gasteiger partial charge in [0.2, 0.25) is 15.9 Å². The van der Waals surface area contributed by atoms with Crippen molar-refractivity contribution < 1.29 is 18.1 Å². The van der Waals surface area contributed by atoms with Crippen LogP contribution in [0.25, 0.3) is 0 Å². The fourth-order valence-corrected chi connectivity index (χ4v) is 3.23. The van der Waals surface area contributed by atoms with Crippen LogP contribution in [0.15, 0.2) is 29.2 Å². The summed E-state index contributed by atoms with van der Waals surface area (Å²) in [6, 6.07) is 4.66. The summed E-state index contributed by atoms with van der Waals surface area (Å²) in [5.74, 6) is 0.172. The number of carbonyl (C=O) groups is 1. The van der Waals surface area contributed by atoms with Crippen molar-refractivity contribution in [1.29, 1.82) is 0 Å². The topological polar surface area (TPSA) is 144 Å². The average molecular weight is 393 g/mol. The van der Waals surface area contributed by atoms with Gasteiger partial charge in [0, 0.05) is 37.7 Å². The molecule has 0 radical (unpaired) electrons. The number of nitrogens with one attached hydrogen (secondary N) is 2. The quantitative estimate of drug-likeness (QED) is 0.413. The molecule has 0 spiro atoms. The molecule has 25 heavy (non-hydrogen) atoms. The molecule has 1 saturated carbocycles. The first kappa shape index (κ1) is 21.3. The van der Waals surface area contributed by atoms with Crippen molar-refractivity contribution in [3.05, 3.63) is 34.4 Å². The van der Waals surface area contributed by atoms with E-state index in [4.69, 9.17) is 5.73 Å². The van der Waals surface area contributed by atoms with E-state index in [0.717, 1.165) is 18.9 Å². The SMILES string of the molecule is Cl.NC(CNC(=O)CCNS(=O)(=O)c1cccc([N+](=O)[O-])c1)C1CC1. The molecule has 0 heterocycles. The van der Waals surface area contributed by atoms with E-state index in [1.54, 1.807) is 0 Å². The Morgan fingerprint density at radius 3 is 2.68 bits per heavy atom. The van der Waals surface area contributed by atoms with Crippen molar-refractivity contribution in [2.45, 2.75) is 30.2 Å². The maximum Gasteiger partial charge on any atom is 0.270 e. The zero-order chi connectivity index (χ0) is 17.7. The molecule has 0 saturated heterocycles. The van der Waals surface area contributed by atoms with E-state index in [1.165, 1.54) is 18.2 Å². The fourth-order valence-electron chi connectivity index (χ4n) is 2.16. The summed E-state index contributed by atoms with van der Waals surface area (Å²) >= 11 is 0. The number of amides is 1. The minimum Gasteiger partial charge on any atom is -0.354 e. The average Bonchev–Trinajstić information content (AvgIpc) is 3.37. The molecule has 4 N–H and O–H groups in total. The lowest BCUT2D eigenvalue weighted by molar-refractivity contribution is -0.385. The number of hydrogen-bond acceptors (Lipinski definition) is 6. The van der Waals surface area contributed by atoms with Crippen LogP contribution >= 0.6 is 12.4 Å². The highest BCUT2D eigenvalue weighted by atomic mass is 35.5. The predicted molar refractivity (Wildman–Crippen MR) is 93.9 cm³/mol. The van der Waals surface area contributed by atoms with Gasteiger partial charge in [0.25, 0.3) is 5.69 Å². The van der Waals surface area contributed by atoms with Crippen LogP contribution in [0.3, 0.4) is 0 Å². The third kappa shape index (κ3) is 6.58. The van der Waals surface area contributed by atoms with Crippen LogP contribution in [0.1, 0.15) is 19.3 Å². The first-order chi connectivity index (χ1) is 11.3. The first-order valence-corrected chi connectivity index (χ1v) is 9.04.